The number of aromatic nitrogens is 1. The number of benzene rings is 2. The SMILES string of the molecule is Cc1cc(C)c(S(=O)(=O)NCC(=O)NCCc2c[nH]c3ccccc23)c(C)c1. The van der Waals surface area contributed by atoms with Crippen molar-refractivity contribution in [3.8, 4) is 0 Å². The van der Waals surface area contributed by atoms with Gasteiger partial charge < -0.3 is 10.3 Å². The second-order valence-corrected chi connectivity index (χ2v) is 8.72. The highest BCUT2D eigenvalue weighted by atomic mass is 32.2. The summed E-state index contributed by atoms with van der Waals surface area (Å²) in [4.78, 5) is 15.5. The van der Waals surface area contributed by atoms with E-state index >= 15 is 0 Å². The molecule has 2 aromatic carbocycles. The van der Waals surface area contributed by atoms with Crippen molar-refractivity contribution in [3.05, 3.63) is 64.8 Å². The van der Waals surface area contributed by atoms with Gasteiger partial charge in [-0.05, 0) is 49.9 Å². The second kappa shape index (κ2) is 8.16. The first kappa shape index (κ1) is 20.1. The lowest BCUT2D eigenvalue weighted by Gasteiger charge is -2.13. The summed E-state index contributed by atoms with van der Waals surface area (Å²) >= 11 is 0. The standard InChI is InChI=1S/C21H25N3O3S/c1-14-10-15(2)21(16(3)11-14)28(26,27)24-13-20(25)22-9-8-17-12-23-19-7-5-4-6-18(17)19/h4-7,10-12,23-24H,8-9,13H2,1-3H3,(H,22,25). The fraction of sp³-hybridized carbons (Fsp3) is 0.286. The molecule has 0 saturated heterocycles. The van der Waals surface area contributed by atoms with E-state index in [1.807, 2.05) is 49.5 Å². The van der Waals surface area contributed by atoms with Crippen LogP contribution in [0, 0.1) is 20.8 Å². The van der Waals surface area contributed by atoms with Crippen molar-refractivity contribution in [3.63, 3.8) is 0 Å². The van der Waals surface area contributed by atoms with E-state index in [9.17, 15) is 13.2 Å². The molecule has 0 spiro atoms. The molecule has 3 rings (SSSR count). The summed E-state index contributed by atoms with van der Waals surface area (Å²) in [5.74, 6) is -0.356. The predicted octanol–water partition coefficient (Wildman–Crippen LogP) is 2.73. The van der Waals surface area contributed by atoms with Gasteiger partial charge in [-0.25, -0.2) is 13.1 Å². The summed E-state index contributed by atoms with van der Waals surface area (Å²) in [6.45, 7) is 5.59. The largest absolute Gasteiger partial charge is 0.361 e. The van der Waals surface area contributed by atoms with E-state index in [2.05, 4.69) is 15.0 Å². The molecular formula is C21H25N3O3S. The number of sulfonamides is 1. The Bertz CT molecular complexity index is 1090. The molecule has 0 aliphatic carbocycles. The highest BCUT2D eigenvalue weighted by molar-refractivity contribution is 7.89. The lowest BCUT2D eigenvalue weighted by atomic mass is 10.1. The molecule has 3 aromatic rings. The average Bonchev–Trinajstić information content (AvgIpc) is 3.02. The highest BCUT2D eigenvalue weighted by Gasteiger charge is 2.20. The number of amides is 1. The molecule has 0 radical (unpaired) electrons. The zero-order valence-electron chi connectivity index (χ0n) is 16.3. The minimum atomic E-state index is -3.75. The maximum Gasteiger partial charge on any atom is 0.241 e. The van der Waals surface area contributed by atoms with Gasteiger partial charge in [-0.1, -0.05) is 35.9 Å². The number of nitrogens with one attached hydrogen (secondary N) is 3. The van der Waals surface area contributed by atoms with Crippen LogP contribution in [0.1, 0.15) is 22.3 Å². The number of H-pyrrole nitrogens is 1. The van der Waals surface area contributed by atoms with E-state index < -0.39 is 10.0 Å². The van der Waals surface area contributed by atoms with Crippen LogP contribution >= 0.6 is 0 Å². The smallest absolute Gasteiger partial charge is 0.241 e. The molecule has 1 heterocycles. The molecule has 0 saturated carbocycles. The predicted molar refractivity (Wildman–Crippen MR) is 111 cm³/mol. The van der Waals surface area contributed by atoms with E-state index in [1.54, 1.807) is 13.8 Å². The molecule has 148 valence electrons. The Morgan fingerprint density at radius 2 is 1.75 bits per heavy atom. The van der Waals surface area contributed by atoms with Crippen LogP contribution in [0.5, 0.6) is 0 Å². The summed E-state index contributed by atoms with van der Waals surface area (Å²) in [6, 6.07) is 11.6. The molecule has 1 aromatic heterocycles. The van der Waals surface area contributed by atoms with Crippen molar-refractivity contribution in [2.24, 2.45) is 0 Å². The van der Waals surface area contributed by atoms with Crippen LogP contribution in [-0.4, -0.2) is 32.4 Å². The van der Waals surface area contributed by atoms with Crippen molar-refractivity contribution >= 4 is 26.8 Å². The summed E-state index contributed by atoms with van der Waals surface area (Å²) in [6.07, 6.45) is 2.60. The molecule has 0 unspecified atom stereocenters. The van der Waals surface area contributed by atoms with Gasteiger partial charge in [-0.3, -0.25) is 4.79 Å². The van der Waals surface area contributed by atoms with Gasteiger partial charge >= 0.3 is 0 Å². The van der Waals surface area contributed by atoms with Crippen LogP contribution < -0.4 is 10.0 Å². The van der Waals surface area contributed by atoms with Crippen molar-refractivity contribution in [1.29, 1.82) is 0 Å². The van der Waals surface area contributed by atoms with Crippen molar-refractivity contribution in [2.45, 2.75) is 32.1 Å². The van der Waals surface area contributed by atoms with E-state index in [0.29, 0.717) is 24.1 Å². The van der Waals surface area contributed by atoms with Gasteiger partial charge in [-0.2, -0.15) is 0 Å². The maximum absolute atomic E-state index is 12.6. The van der Waals surface area contributed by atoms with E-state index in [-0.39, 0.29) is 17.3 Å². The Balaban J connectivity index is 1.55. The first-order valence-electron chi connectivity index (χ1n) is 9.17. The van der Waals surface area contributed by atoms with E-state index in [0.717, 1.165) is 22.0 Å². The third-order valence-electron chi connectivity index (χ3n) is 4.69. The Hall–Kier alpha value is -2.64. The fourth-order valence-electron chi connectivity index (χ4n) is 3.56. The van der Waals surface area contributed by atoms with Crippen LogP contribution in [0.25, 0.3) is 10.9 Å². The minimum absolute atomic E-state index is 0.240. The normalized spacial score (nSPS) is 11.7. The number of carbonyl (C=O) groups excluding carboxylic acids is 1. The Morgan fingerprint density at radius 3 is 2.46 bits per heavy atom. The molecule has 3 N–H and O–H groups in total. The molecular weight excluding hydrogens is 374 g/mol. The number of fused-ring (bicyclic) bond motifs is 1. The Morgan fingerprint density at radius 1 is 1.07 bits per heavy atom. The third-order valence-corrected chi connectivity index (χ3v) is 6.39. The summed E-state index contributed by atoms with van der Waals surface area (Å²) in [5.41, 5.74) is 4.52. The first-order chi connectivity index (χ1) is 13.3. The van der Waals surface area contributed by atoms with E-state index in [1.165, 1.54) is 0 Å². The summed E-state index contributed by atoms with van der Waals surface area (Å²) < 4.78 is 27.6. The quantitative estimate of drug-likeness (QED) is 0.570. The second-order valence-electron chi connectivity index (χ2n) is 7.01. The van der Waals surface area contributed by atoms with Gasteiger partial charge in [0, 0.05) is 23.6 Å². The molecule has 1 amide bonds. The highest BCUT2D eigenvalue weighted by Crippen LogP contribution is 2.21. The lowest BCUT2D eigenvalue weighted by Crippen LogP contribution is -2.38. The number of carbonyl (C=O) groups is 1. The minimum Gasteiger partial charge on any atom is -0.361 e. The molecule has 0 fully saturated rings. The van der Waals surface area contributed by atoms with E-state index in [4.69, 9.17) is 0 Å². The zero-order chi connectivity index (χ0) is 20.3. The van der Waals surface area contributed by atoms with Crippen molar-refractivity contribution in [2.75, 3.05) is 13.1 Å². The molecule has 7 heteroatoms. The average molecular weight is 400 g/mol. The van der Waals surface area contributed by atoms with Crippen LogP contribution in [0.2, 0.25) is 0 Å². The number of aromatic amines is 1. The van der Waals surface area contributed by atoms with Gasteiger partial charge in [0.15, 0.2) is 0 Å². The van der Waals surface area contributed by atoms with Gasteiger partial charge in [0.1, 0.15) is 0 Å². The molecule has 6 nitrogen and oxygen atoms in total. The van der Waals surface area contributed by atoms with Crippen LogP contribution in [0.3, 0.4) is 0 Å². The molecule has 0 aliphatic rings. The topological polar surface area (TPSA) is 91.1 Å². The van der Waals surface area contributed by atoms with Gasteiger partial charge in [0.2, 0.25) is 15.9 Å². The molecule has 0 atom stereocenters. The zero-order valence-corrected chi connectivity index (χ0v) is 17.1. The Kier molecular flexibility index (Phi) is 5.86. The third kappa shape index (κ3) is 4.43. The monoisotopic (exact) mass is 399 g/mol. The van der Waals surface area contributed by atoms with Gasteiger partial charge in [-0.15, -0.1) is 0 Å². The van der Waals surface area contributed by atoms with Gasteiger partial charge in [0.05, 0.1) is 11.4 Å². The Labute approximate surface area is 165 Å². The van der Waals surface area contributed by atoms with Crippen molar-refractivity contribution in [1.82, 2.24) is 15.0 Å². The number of hydrogen-bond donors (Lipinski definition) is 3. The number of para-hydroxylation sites is 1. The lowest BCUT2D eigenvalue weighted by molar-refractivity contribution is -0.119. The molecule has 28 heavy (non-hydrogen) atoms. The molecule has 0 bridgehead atoms. The van der Waals surface area contributed by atoms with Crippen LogP contribution in [0.4, 0.5) is 0 Å². The summed E-state index contributed by atoms with van der Waals surface area (Å²) in [7, 11) is -3.75. The first-order valence-corrected chi connectivity index (χ1v) is 10.7. The number of rotatable bonds is 7. The van der Waals surface area contributed by atoms with Crippen LogP contribution in [0.15, 0.2) is 47.5 Å². The molecule has 0 aliphatic heterocycles. The fourth-order valence-corrected chi connectivity index (χ4v) is 4.99. The number of hydrogen-bond acceptors (Lipinski definition) is 3. The summed E-state index contributed by atoms with van der Waals surface area (Å²) in [5, 5.41) is 3.90. The maximum atomic E-state index is 12.6. The van der Waals surface area contributed by atoms with Gasteiger partial charge in [0.25, 0.3) is 0 Å². The van der Waals surface area contributed by atoms with Crippen molar-refractivity contribution < 1.29 is 13.2 Å². The van der Waals surface area contributed by atoms with Crippen LogP contribution in [-0.2, 0) is 21.2 Å². The number of aryl methyl sites for hydroxylation is 3.